The molecular formula is C14H24O15. The minimum atomic E-state index is -1.82. The summed E-state index contributed by atoms with van der Waals surface area (Å²) in [6.07, 6.45) is -15.6. The maximum atomic E-state index is 9.94. The van der Waals surface area contributed by atoms with Crippen LogP contribution in [0.3, 0.4) is 0 Å². The van der Waals surface area contributed by atoms with Crippen molar-refractivity contribution >= 4 is 11.9 Å². The molecule has 0 aromatic heterocycles. The molecule has 0 aromatic rings. The first-order valence-electron chi connectivity index (χ1n) is 8.18. The largest absolute Gasteiger partial charge is 0.473 e. The summed E-state index contributed by atoms with van der Waals surface area (Å²) in [4.78, 5) is 18.2. The van der Waals surface area contributed by atoms with Gasteiger partial charge in [-0.25, -0.2) is 9.59 Å². The van der Waals surface area contributed by atoms with E-state index >= 15 is 0 Å². The van der Waals surface area contributed by atoms with Crippen LogP contribution in [-0.2, 0) is 23.8 Å². The third-order valence-corrected chi connectivity index (χ3v) is 4.16. The van der Waals surface area contributed by atoms with Crippen LogP contribution in [0.1, 0.15) is 0 Å². The highest BCUT2D eigenvalue weighted by molar-refractivity contribution is 6.27. The zero-order valence-corrected chi connectivity index (χ0v) is 14.7. The van der Waals surface area contributed by atoms with Gasteiger partial charge in [0.2, 0.25) is 0 Å². The van der Waals surface area contributed by atoms with E-state index < -0.39 is 86.6 Å². The lowest BCUT2D eigenvalue weighted by molar-refractivity contribution is -0.355. The summed E-state index contributed by atoms with van der Waals surface area (Å²) in [7, 11) is 0. The van der Waals surface area contributed by atoms with Gasteiger partial charge in [0.1, 0.15) is 48.8 Å². The predicted octanol–water partition coefficient (Wildman–Crippen LogP) is -6.24. The van der Waals surface area contributed by atoms with E-state index in [-0.39, 0.29) is 0 Å². The molecule has 2 saturated heterocycles. The Bertz CT molecular complexity index is 527. The van der Waals surface area contributed by atoms with Gasteiger partial charge in [0.05, 0.1) is 13.2 Å². The van der Waals surface area contributed by atoms with Crippen LogP contribution >= 0.6 is 0 Å². The Labute approximate surface area is 162 Å². The molecule has 0 unspecified atom stereocenters. The van der Waals surface area contributed by atoms with Gasteiger partial charge in [-0.1, -0.05) is 0 Å². The third-order valence-electron chi connectivity index (χ3n) is 4.16. The highest BCUT2D eigenvalue weighted by Gasteiger charge is 2.50. The number of hydrogen-bond acceptors (Lipinski definition) is 13. The summed E-state index contributed by atoms with van der Waals surface area (Å²) in [5.41, 5.74) is 0. The number of hydrogen-bond donors (Lipinski definition) is 10. The number of ether oxygens (including phenoxy) is 3. The van der Waals surface area contributed by atoms with Gasteiger partial charge in [0.25, 0.3) is 0 Å². The summed E-state index contributed by atoms with van der Waals surface area (Å²) >= 11 is 0. The number of carbonyl (C=O) groups is 2. The predicted molar refractivity (Wildman–Crippen MR) is 83.9 cm³/mol. The molecule has 15 nitrogen and oxygen atoms in total. The first kappa shape index (κ1) is 25.5. The summed E-state index contributed by atoms with van der Waals surface area (Å²) in [6, 6.07) is 0. The molecule has 15 heteroatoms. The molecule has 2 aliphatic rings. The van der Waals surface area contributed by atoms with Crippen molar-refractivity contribution in [2.45, 2.75) is 61.4 Å². The van der Waals surface area contributed by atoms with Gasteiger partial charge >= 0.3 is 11.9 Å². The highest BCUT2D eigenvalue weighted by atomic mass is 16.7. The van der Waals surface area contributed by atoms with Crippen molar-refractivity contribution in [3.05, 3.63) is 0 Å². The lowest BCUT2D eigenvalue weighted by Gasteiger charge is -2.45. The van der Waals surface area contributed by atoms with Crippen molar-refractivity contribution in [1.82, 2.24) is 0 Å². The van der Waals surface area contributed by atoms with E-state index in [1.807, 2.05) is 0 Å². The van der Waals surface area contributed by atoms with E-state index in [4.69, 9.17) is 39.1 Å². The van der Waals surface area contributed by atoms with Gasteiger partial charge in [0, 0.05) is 0 Å². The van der Waals surface area contributed by atoms with E-state index in [1.165, 1.54) is 0 Å². The fourth-order valence-corrected chi connectivity index (χ4v) is 2.57. The molecule has 0 spiro atoms. The molecule has 0 amide bonds. The van der Waals surface area contributed by atoms with E-state index in [0.717, 1.165) is 0 Å². The Morgan fingerprint density at radius 1 is 0.690 bits per heavy atom. The van der Waals surface area contributed by atoms with Gasteiger partial charge < -0.3 is 65.3 Å². The van der Waals surface area contributed by atoms with Crippen LogP contribution in [0, 0.1) is 0 Å². The maximum absolute atomic E-state index is 9.94. The second kappa shape index (κ2) is 11.0. The van der Waals surface area contributed by atoms with Gasteiger partial charge in [-0.2, -0.15) is 0 Å². The van der Waals surface area contributed by atoms with Crippen LogP contribution in [-0.4, -0.2) is 138 Å². The normalized spacial score (nSPS) is 42.5. The number of aliphatic hydroxyl groups excluding tert-OH is 8. The third kappa shape index (κ3) is 6.24. The number of carboxylic acid groups (broad SMARTS) is 2. The van der Waals surface area contributed by atoms with Crippen LogP contribution < -0.4 is 0 Å². The van der Waals surface area contributed by atoms with E-state index in [2.05, 4.69) is 0 Å². The lowest BCUT2D eigenvalue weighted by atomic mass is 9.97. The summed E-state index contributed by atoms with van der Waals surface area (Å²) in [5, 5.41) is 91.3. The zero-order valence-electron chi connectivity index (χ0n) is 14.7. The maximum Gasteiger partial charge on any atom is 0.414 e. The van der Waals surface area contributed by atoms with E-state index in [1.54, 1.807) is 0 Å². The molecule has 2 fully saturated rings. The Kier molecular flexibility index (Phi) is 9.73. The minimum absolute atomic E-state index is 0.667. The molecular weight excluding hydrogens is 408 g/mol. The van der Waals surface area contributed by atoms with Gasteiger partial charge in [0.15, 0.2) is 12.6 Å². The number of rotatable bonds is 4. The Balaban J connectivity index is 0.000000612. The topological polar surface area (TPSA) is 264 Å². The molecule has 29 heavy (non-hydrogen) atoms. The molecule has 2 heterocycles. The van der Waals surface area contributed by atoms with Crippen LogP contribution in [0.4, 0.5) is 0 Å². The second-order valence-corrected chi connectivity index (χ2v) is 6.14. The van der Waals surface area contributed by atoms with Crippen LogP contribution in [0.5, 0.6) is 0 Å². The molecule has 0 bridgehead atoms. The molecule has 0 radical (unpaired) electrons. The fourth-order valence-electron chi connectivity index (χ4n) is 2.57. The van der Waals surface area contributed by atoms with Crippen molar-refractivity contribution < 1.29 is 74.9 Å². The number of aliphatic carboxylic acids is 2. The summed E-state index contributed by atoms with van der Waals surface area (Å²) < 4.78 is 15.3. The van der Waals surface area contributed by atoms with Gasteiger partial charge in [-0.15, -0.1) is 0 Å². The summed E-state index contributed by atoms with van der Waals surface area (Å²) in [6.45, 7) is -1.35. The molecule has 10 atom stereocenters. The van der Waals surface area contributed by atoms with Crippen molar-refractivity contribution in [2.75, 3.05) is 13.2 Å². The molecule has 0 aliphatic carbocycles. The lowest BCUT2D eigenvalue weighted by Crippen LogP contribution is -2.64. The quantitative estimate of drug-likeness (QED) is 0.185. The van der Waals surface area contributed by atoms with Crippen molar-refractivity contribution in [3.8, 4) is 0 Å². The van der Waals surface area contributed by atoms with E-state index in [0.29, 0.717) is 0 Å². The number of aliphatic hydroxyl groups is 8. The first-order valence-corrected chi connectivity index (χ1v) is 8.18. The molecule has 170 valence electrons. The molecule has 2 aliphatic heterocycles. The van der Waals surface area contributed by atoms with Crippen molar-refractivity contribution in [1.29, 1.82) is 0 Å². The first-order chi connectivity index (χ1) is 13.5. The van der Waals surface area contributed by atoms with Crippen molar-refractivity contribution in [3.63, 3.8) is 0 Å². The monoisotopic (exact) mass is 432 g/mol. The number of carboxylic acids is 2. The zero-order chi connectivity index (χ0) is 22.5. The second-order valence-electron chi connectivity index (χ2n) is 6.14. The van der Waals surface area contributed by atoms with Gasteiger partial charge in [-0.05, 0) is 0 Å². The van der Waals surface area contributed by atoms with Crippen LogP contribution in [0.15, 0.2) is 0 Å². The molecule has 10 N–H and O–H groups in total. The van der Waals surface area contributed by atoms with E-state index in [9.17, 15) is 35.7 Å². The molecule has 2 rings (SSSR count). The Morgan fingerprint density at radius 2 is 1.21 bits per heavy atom. The smallest absolute Gasteiger partial charge is 0.414 e. The standard InChI is InChI=1S/C12H22O11.C2H2O4/c13-1-3-5(15)6(16)9(19)12(22-3)23-10-4(2-14)21-11(20)8(18)7(10)17;3-1(4)2(5)6/h3-20H,1-2H2;(H,3,4)(H,5,6)/t3-,4-,5-,6+,7-,8-,9-,10-,11-,12+;/m1./s1. The molecule has 0 aromatic carbocycles. The minimum Gasteiger partial charge on any atom is -0.473 e. The highest BCUT2D eigenvalue weighted by Crippen LogP contribution is 2.28. The Morgan fingerprint density at radius 3 is 1.66 bits per heavy atom. The van der Waals surface area contributed by atoms with Gasteiger partial charge in [-0.3, -0.25) is 0 Å². The SMILES string of the molecule is O=C(O)C(=O)O.OC[C@H]1O[C@@H](O[C@H]2[C@H](O)[C@@H](O)[C@H](O)O[C@@H]2CO)[C@H](O)[C@@H](O)[C@@H]1O. The van der Waals surface area contributed by atoms with Crippen molar-refractivity contribution in [2.24, 2.45) is 0 Å². The Hall–Kier alpha value is -1.50. The average Bonchev–Trinajstić information content (AvgIpc) is 2.68. The average molecular weight is 432 g/mol. The summed E-state index contributed by atoms with van der Waals surface area (Å²) in [5.74, 6) is -3.65. The van der Waals surface area contributed by atoms with Crippen LogP contribution in [0.25, 0.3) is 0 Å². The van der Waals surface area contributed by atoms with Crippen LogP contribution in [0.2, 0.25) is 0 Å². The molecule has 0 saturated carbocycles. The fraction of sp³-hybridized carbons (Fsp3) is 0.857.